The van der Waals surface area contributed by atoms with Crippen molar-refractivity contribution in [3.05, 3.63) is 23.8 Å². The molecule has 1 atom stereocenters. The molecule has 1 aliphatic rings. The third kappa shape index (κ3) is 2.58. The number of carbonyl (C=O) groups is 1. The van der Waals surface area contributed by atoms with E-state index in [2.05, 4.69) is 11.8 Å². The largest absolute Gasteiger partial charge is 0.478 e. The number of anilines is 2. The van der Waals surface area contributed by atoms with Gasteiger partial charge in [-0.15, -0.1) is 0 Å². The van der Waals surface area contributed by atoms with Gasteiger partial charge in [0.25, 0.3) is 0 Å². The maximum absolute atomic E-state index is 10.9. The van der Waals surface area contributed by atoms with Crippen LogP contribution in [0.3, 0.4) is 0 Å². The number of rotatable bonds is 3. The number of hydrogen-bond donors (Lipinski definition) is 2. The molecule has 0 aliphatic carbocycles. The van der Waals surface area contributed by atoms with Crippen LogP contribution >= 0.6 is 0 Å². The Labute approximate surface area is 107 Å². The van der Waals surface area contributed by atoms with Crippen LogP contribution in [0.4, 0.5) is 11.4 Å². The van der Waals surface area contributed by atoms with Crippen molar-refractivity contribution in [1.82, 2.24) is 0 Å². The maximum Gasteiger partial charge on any atom is 0.335 e. The second-order valence-corrected chi connectivity index (χ2v) is 4.94. The molecule has 1 saturated heterocycles. The number of aromatic carboxylic acids is 1. The number of piperidine rings is 1. The molecule has 1 aromatic rings. The van der Waals surface area contributed by atoms with E-state index in [0.29, 0.717) is 5.69 Å². The quantitative estimate of drug-likeness (QED) is 0.807. The van der Waals surface area contributed by atoms with Gasteiger partial charge in [-0.2, -0.15) is 0 Å². The van der Waals surface area contributed by atoms with Gasteiger partial charge >= 0.3 is 5.97 Å². The average molecular weight is 248 g/mol. The van der Waals surface area contributed by atoms with E-state index in [1.807, 2.05) is 6.07 Å². The summed E-state index contributed by atoms with van der Waals surface area (Å²) in [5, 5.41) is 8.92. The summed E-state index contributed by atoms with van der Waals surface area (Å²) in [7, 11) is 0. The Morgan fingerprint density at radius 2 is 2.33 bits per heavy atom. The third-order valence-electron chi connectivity index (χ3n) is 3.71. The molecule has 1 heterocycles. The van der Waals surface area contributed by atoms with Crippen molar-refractivity contribution < 1.29 is 9.90 Å². The molecule has 0 aromatic heterocycles. The second-order valence-electron chi connectivity index (χ2n) is 4.94. The molecule has 0 spiro atoms. The number of nitrogen functional groups attached to an aromatic ring is 1. The minimum absolute atomic E-state index is 0.250. The van der Waals surface area contributed by atoms with Crippen molar-refractivity contribution in [2.24, 2.45) is 5.92 Å². The van der Waals surface area contributed by atoms with E-state index >= 15 is 0 Å². The highest BCUT2D eigenvalue weighted by Gasteiger charge is 2.20. The topological polar surface area (TPSA) is 66.6 Å². The predicted molar refractivity (Wildman–Crippen MR) is 73.0 cm³/mol. The normalized spacial score (nSPS) is 19.8. The number of carboxylic acids is 1. The lowest BCUT2D eigenvalue weighted by molar-refractivity contribution is 0.0697. The zero-order chi connectivity index (χ0) is 13.1. The molecule has 2 rings (SSSR count). The molecule has 98 valence electrons. The fourth-order valence-corrected chi connectivity index (χ4v) is 2.59. The van der Waals surface area contributed by atoms with Gasteiger partial charge in [0.15, 0.2) is 0 Å². The molecule has 1 aromatic carbocycles. The number of hydrogen-bond acceptors (Lipinski definition) is 3. The fourth-order valence-electron chi connectivity index (χ4n) is 2.59. The zero-order valence-electron chi connectivity index (χ0n) is 10.7. The van der Waals surface area contributed by atoms with Crippen molar-refractivity contribution in [3.8, 4) is 0 Å². The van der Waals surface area contributed by atoms with Gasteiger partial charge in [-0.25, -0.2) is 4.79 Å². The molecule has 0 amide bonds. The molecule has 4 nitrogen and oxygen atoms in total. The number of carboxylic acid groups (broad SMARTS) is 1. The monoisotopic (exact) mass is 248 g/mol. The number of nitrogens with two attached hydrogens (primary N) is 1. The van der Waals surface area contributed by atoms with Crippen LogP contribution in [0.5, 0.6) is 0 Å². The minimum Gasteiger partial charge on any atom is -0.478 e. The van der Waals surface area contributed by atoms with Gasteiger partial charge in [0.05, 0.1) is 16.9 Å². The summed E-state index contributed by atoms with van der Waals surface area (Å²) in [5.41, 5.74) is 7.75. The molecule has 1 aliphatic heterocycles. The van der Waals surface area contributed by atoms with E-state index in [-0.39, 0.29) is 5.56 Å². The highest BCUT2D eigenvalue weighted by molar-refractivity contribution is 5.90. The molecule has 0 bridgehead atoms. The van der Waals surface area contributed by atoms with Crippen LogP contribution in [0.25, 0.3) is 0 Å². The van der Waals surface area contributed by atoms with Crippen molar-refractivity contribution in [3.63, 3.8) is 0 Å². The van der Waals surface area contributed by atoms with Gasteiger partial charge in [-0.1, -0.05) is 13.3 Å². The average Bonchev–Trinajstić information content (AvgIpc) is 2.38. The van der Waals surface area contributed by atoms with E-state index in [1.165, 1.54) is 19.3 Å². The highest BCUT2D eigenvalue weighted by atomic mass is 16.4. The first-order valence-electron chi connectivity index (χ1n) is 6.49. The predicted octanol–water partition coefficient (Wildman–Crippen LogP) is 2.59. The first-order valence-corrected chi connectivity index (χ1v) is 6.49. The van der Waals surface area contributed by atoms with Gasteiger partial charge in [0.1, 0.15) is 0 Å². The van der Waals surface area contributed by atoms with Gasteiger partial charge < -0.3 is 15.7 Å². The van der Waals surface area contributed by atoms with E-state index in [9.17, 15) is 4.79 Å². The lowest BCUT2D eigenvalue weighted by Gasteiger charge is -2.34. The summed E-state index contributed by atoms with van der Waals surface area (Å²) >= 11 is 0. The van der Waals surface area contributed by atoms with Gasteiger partial charge in [-0.3, -0.25) is 0 Å². The molecule has 1 fully saturated rings. The first kappa shape index (κ1) is 12.7. The summed E-state index contributed by atoms with van der Waals surface area (Å²) in [6, 6.07) is 5.01. The molecular formula is C14H20N2O2. The van der Waals surface area contributed by atoms with Gasteiger partial charge in [0, 0.05) is 13.1 Å². The van der Waals surface area contributed by atoms with Crippen LogP contribution in [-0.4, -0.2) is 24.2 Å². The maximum atomic E-state index is 10.9. The molecule has 4 heteroatoms. The van der Waals surface area contributed by atoms with Gasteiger partial charge in [-0.05, 0) is 37.0 Å². The van der Waals surface area contributed by atoms with E-state index in [0.717, 1.165) is 24.7 Å². The Morgan fingerprint density at radius 3 is 2.94 bits per heavy atom. The van der Waals surface area contributed by atoms with E-state index in [4.69, 9.17) is 10.8 Å². The lowest BCUT2D eigenvalue weighted by Crippen LogP contribution is -2.35. The number of nitrogens with zero attached hydrogens (tertiary/aromatic N) is 1. The molecular weight excluding hydrogens is 228 g/mol. The molecule has 0 saturated carbocycles. The Kier molecular flexibility index (Phi) is 3.75. The summed E-state index contributed by atoms with van der Waals surface area (Å²) in [6.07, 6.45) is 3.64. The van der Waals surface area contributed by atoms with Crippen molar-refractivity contribution in [2.45, 2.75) is 26.2 Å². The number of benzene rings is 1. The van der Waals surface area contributed by atoms with E-state index < -0.39 is 5.97 Å². The fraction of sp³-hybridized carbons (Fsp3) is 0.500. The summed E-state index contributed by atoms with van der Waals surface area (Å²) in [4.78, 5) is 13.1. The van der Waals surface area contributed by atoms with Crippen molar-refractivity contribution in [2.75, 3.05) is 23.7 Å². The molecule has 1 unspecified atom stereocenters. The smallest absolute Gasteiger partial charge is 0.335 e. The van der Waals surface area contributed by atoms with Crippen molar-refractivity contribution >= 4 is 17.3 Å². The Bertz CT molecular complexity index is 445. The molecule has 0 radical (unpaired) electrons. The highest BCUT2D eigenvalue weighted by Crippen LogP contribution is 2.29. The van der Waals surface area contributed by atoms with Crippen LogP contribution in [-0.2, 0) is 0 Å². The second kappa shape index (κ2) is 5.29. The lowest BCUT2D eigenvalue weighted by atomic mass is 9.95. The van der Waals surface area contributed by atoms with Crippen LogP contribution in [0.2, 0.25) is 0 Å². The first-order chi connectivity index (χ1) is 8.61. The third-order valence-corrected chi connectivity index (χ3v) is 3.71. The van der Waals surface area contributed by atoms with Crippen molar-refractivity contribution in [1.29, 1.82) is 0 Å². The SMILES string of the molecule is CCC1CCCN(c2ccc(C(=O)O)cc2N)C1. The Morgan fingerprint density at radius 1 is 1.56 bits per heavy atom. The van der Waals surface area contributed by atoms with Crippen LogP contribution < -0.4 is 10.6 Å². The summed E-state index contributed by atoms with van der Waals surface area (Å²) in [5.74, 6) is -0.212. The van der Waals surface area contributed by atoms with Crippen LogP contribution in [0, 0.1) is 5.92 Å². The Hall–Kier alpha value is -1.71. The van der Waals surface area contributed by atoms with Gasteiger partial charge in [0.2, 0.25) is 0 Å². The Balaban J connectivity index is 2.20. The van der Waals surface area contributed by atoms with Crippen LogP contribution in [0.1, 0.15) is 36.5 Å². The minimum atomic E-state index is -0.932. The van der Waals surface area contributed by atoms with E-state index in [1.54, 1.807) is 12.1 Å². The standard InChI is InChI=1S/C14H20N2O2/c1-2-10-4-3-7-16(9-10)13-6-5-11(14(17)18)8-12(13)15/h5-6,8,10H,2-4,7,9,15H2,1H3,(H,17,18). The molecule has 18 heavy (non-hydrogen) atoms. The zero-order valence-corrected chi connectivity index (χ0v) is 10.7. The van der Waals surface area contributed by atoms with Crippen LogP contribution in [0.15, 0.2) is 18.2 Å². The summed E-state index contributed by atoms with van der Waals surface area (Å²) in [6.45, 7) is 4.24. The summed E-state index contributed by atoms with van der Waals surface area (Å²) < 4.78 is 0. The molecule has 3 N–H and O–H groups in total.